The molecule has 53 heavy (non-hydrogen) atoms. The summed E-state index contributed by atoms with van der Waals surface area (Å²) in [5.41, 5.74) is 2.00. The summed E-state index contributed by atoms with van der Waals surface area (Å²) in [6, 6.07) is 0. The Balaban J connectivity index is 1.11. The Labute approximate surface area is 312 Å². The van der Waals surface area contributed by atoms with E-state index in [0.29, 0.717) is 32.1 Å². The lowest BCUT2D eigenvalue weighted by atomic mass is 9.81. The van der Waals surface area contributed by atoms with Gasteiger partial charge in [-0.05, 0) is 62.0 Å². The number of methoxy groups -OCH3 is 1. The van der Waals surface area contributed by atoms with Crippen molar-refractivity contribution in [3.63, 3.8) is 0 Å². The summed E-state index contributed by atoms with van der Waals surface area (Å²) in [5, 5.41) is 42.6. The number of Topliss-reactive ketones (excluding diaryl/α,β-unsaturated/α-hetero) is 2. The molecule has 7 fully saturated rings. The number of fused-ring (bicyclic) bond motifs is 7. The van der Waals surface area contributed by atoms with Crippen LogP contribution in [0.2, 0.25) is 0 Å². The highest BCUT2D eigenvalue weighted by molar-refractivity contribution is 5.79. The molecule has 7 saturated heterocycles. The van der Waals surface area contributed by atoms with Gasteiger partial charge in [-0.25, -0.2) is 0 Å². The van der Waals surface area contributed by atoms with Gasteiger partial charge in [0.1, 0.15) is 42.1 Å². The van der Waals surface area contributed by atoms with Crippen LogP contribution in [0.15, 0.2) is 24.3 Å². The van der Waals surface area contributed by atoms with E-state index in [-0.39, 0.29) is 79.9 Å². The van der Waals surface area contributed by atoms with E-state index >= 15 is 0 Å². The van der Waals surface area contributed by atoms with Gasteiger partial charge in [0, 0.05) is 51.6 Å². The van der Waals surface area contributed by atoms with Gasteiger partial charge >= 0.3 is 0 Å². The van der Waals surface area contributed by atoms with Crippen molar-refractivity contribution < 1.29 is 63.2 Å². The molecule has 0 aliphatic carbocycles. The Morgan fingerprint density at radius 3 is 2.23 bits per heavy atom. The normalized spacial score (nSPS) is 47.7. The van der Waals surface area contributed by atoms with Crippen LogP contribution in [0.1, 0.15) is 90.4 Å². The van der Waals surface area contributed by atoms with Gasteiger partial charge in [0.2, 0.25) is 0 Å². The number of rotatable bonds is 4. The second-order valence-electron chi connectivity index (χ2n) is 16.8. The number of aliphatic hydroxyl groups excluding tert-OH is 4. The minimum Gasteiger partial charge on any atom is -0.394 e. The van der Waals surface area contributed by atoms with E-state index in [9.17, 15) is 30.0 Å². The summed E-state index contributed by atoms with van der Waals surface area (Å²) < 4.78 is 44.3. The molecule has 0 aromatic carbocycles. The van der Waals surface area contributed by atoms with Gasteiger partial charge in [-0.1, -0.05) is 20.1 Å². The first-order valence-electron chi connectivity index (χ1n) is 19.9. The molecule has 13 heteroatoms. The van der Waals surface area contributed by atoms with Gasteiger partial charge < -0.3 is 53.6 Å². The number of carbonyl (C=O) groups excluding carboxylic acids is 2. The zero-order chi connectivity index (χ0) is 37.6. The molecule has 7 rings (SSSR count). The summed E-state index contributed by atoms with van der Waals surface area (Å²) >= 11 is 0. The van der Waals surface area contributed by atoms with Crippen LogP contribution in [0.5, 0.6) is 0 Å². The molecule has 8 bridgehead atoms. The largest absolute Gasteiger partial charge is 0.394 e. The van der Waals surface area contributed by atoms with Gasteiger partial charge in [0.05, 0.1) is 73.8 Å². The number of carbonyl (C=O) groups is 2. The van der Waals surface area contributed by atoms with E-state index < -0.39 is 79.9 Å². The molecule has 7 aliphatic rings. The van der Waals surface area contributed by atoms with Crippen LogP contribution in [0, 0.1) is 11.8 Å². The monoisotopic (exact) mass is 748 g/mol. The summed E-state index contributed by atoms with van der Waals surface area (Å²) in [7, 11) is 1.58. The first kappa shape index (κ1) is 39.6. The highest BCUT2D eigenvalue weighted by Gasteiger charge is 2.57. The maximum Gasteiger partial charge on any atom is 0.135 e. The Kier molecular flexibility index (Phi) is 12.6. The van der Waals surface area contributed by atoms with Crippen molar-refractivity contribution in [3.8, 4) is 0 Å². The van der Waals surface area contributed by atoms with Crippen LogP contribution in [-0.2, 0) is 42.7 Å². The fourth-order valence-corrected chi connectivity index (χ4v) is 10.1. The minimum absolute atomic E-state index is 0.00643. The van der Waals surface area contributed by atoms with Crippen LogP contribution in [0.3, 0.4) is 0 Å². The molecule has 7 aliphatic heterocycles. The predicted octanol–water partition coefficient (Wildman–Crippen LogP) is 2.27. The first-order valence-corrected chi connectivity index (χ1v) is 19.9. The summed E-state index contributed by atoms with van der Waals surface area (Å²) in [4.78, 5) is 27.0. The van der Waals surface area contributed by atoms with Crippen LogP contribution in [0.25, 0.3) is 0 Å². The van der Waals surface area contributed by atoms with Crippen molar-refractivity contribution in [2.24, 2.45) is 11.8 Å². The van der Waals surface area contributed by atoms with E-state index in [1.807, 2.05) is 0 Å². The maximum atomic E-state index is 13.9. The van der Waals surface area contributed by atoms with Crippen molar-refractivity contribution >= 4 is 11.6 Å². The van der Waals surface area contributed by atoms with Crippen molar-refractivity contribution in [1.82, 2.24) is 0 Å². The van der Waals surface area contributed by atoms with Crippen LogP contribution in [0.4, 0.5) is 0 Å². The van der Waals surface area contributed by atoms with E-state index in [1.54, 1.807) is 7.11 Å². The van der Waals surface area contributed by atoms with E-state index in [1.165, 1.54) is 0 Å². The molecule has 298 valence electrons. The highest BCUT2D eigenvalue weighted by atomic mass is 16.6. The van der Waals surface area contributed by atoms with Gasteiger partial charge in [-0.15, -0.1) is 0 Å². The van der Waals surface area contributed by atoms with Crippen LogP contribution < -0.4 is 0 Å². The number of ether oxygens (including phenoxy) is 7. The van der Waals surface area contributed by atoms with Gasteiger partial charge in [0.25, 0.3) is 0 Å². The third-order valence-electron chi connectivity index (χ3n) is 13.1. The zero-order valence-electron chi connectivity index (χ0n) is 31.2. The summed E-state index contributed by atoms with van der Waals surface area (Å²) in [6.07, 6.45) is -3.55. The fourth-order valence-electron chi connectivity index (χ4n) is 10.1. The van der Waals surface area contributed by atoms with Crippen molar-refractivity contribution in [2.75, 3.05) is 13.7 Å². The lowest BCUT2D eigenvalue weighted by Gasteiger charge is -2.46. The smallest absolute Gasteiger partial charge is 0.135 e. The standard InChI is InChI=1S/C40H60O13/c1-19-11-26-7-9-29-20(2)12-25(48-29)6-5-22(42)15-33-35(45)39-40(53-33)36(46)38-30(52-39)10-8-27(50-38)13-23(43)14-28-32(17-31(49-26)21(19)3)51-34(37(28)47-4)16-24(44)18-41/h19,24-41,44-46H,2-3,5-18H2,1,4H3/t19-,24?,25?,26?,27?,28?,29+,30?,31?,32?,33+,34?,35?,36?,37-,38+,39+,40?/m1/s1. The highest BCUT2D eigenvalue weighted by Crippen LogP contribution is 2.43. The molecular formula is C40H60O13. The molecule has 0 spiro atoms. The minimum atomic E-state index is -1.10. The third kappa shape index (κ3) is 8.56. The Morgan fingerprint density at radius 1 is 0.736 bits per heavy atom. The number of hydrogen-bond acceptors (Lipinski definition) is 13. The first-order chi connectivity index (χ1) is 25.4. The van der Waals surface area contributed by atoms with Gasteiger partial charge in [-0.2, -0.15) is 0 Å². The summed E-state index contributed by atoms with van der Waals surface area (Å²) in [5.74, 6) is -0.221. The topological polar surface area (TPSA) is 180 Å². The number of ketones is 2. The molecule has 7 heterocycles. The van der Waals surface area contributed by atoms with E-state index in [0.717, 1.165) is 30.4 Å². The molecule has 0 amide bonds. The van der Waals surface area contributed by atoms with Crippen molar-refractivity contribution in [3.05, 3.63) is 24.3 Å². The fraction of sp³-hybridized carbons (Fsp3) is 0.850. The lowest BCUT2D eigenvalue weighted by Crippen LogP contribution is -2.61. The van der Waals surface area contributed by atoms with Crippen molar-refractivity contribution in [1.29, 1.82) is 0 Å². The molecule has 13 nitrogen and oxygen atoms in total. The van der Waals surface area contributed by atoms with E-state index in [4.69, 9.17) is 33.2 Å². The second kappa shape index (κ2) is 16.9. The molecule has 4 N–H and O–H groups in total. The SMILES string of the molecule is C=C1C2CC3OC(CC(O)CO)[C@H](OC)C3CC(=O)CC3CCC4O[C@@H]5C(O[C@@H](CC(=O)CCC6CC(=C)[C@H](CCC(C[C@H]1C)O2)O6)C5O)C(O)[C@H]4O3. The number of aliphatic hydroxyl groups is 4. The Bertz CT molecular complexity index is 1340. The maximum absolute atomic E-state index is 13.9. The van der Waals surface area contributed by atoms with Crippen LogP contribution >= 0.6 is 0 Å². The third-order valence-corrected chi connectivity index (χ3v) is 13.1. The molecule has 0 radical (unpaired) electrons. The lowest BCUT2D eigenvalue weighted by molar-refractivity contribution is -0.259. The molecule has 0 aromatic rings. The van der Waals surface area contributed by atoms with Gasteiger partial charge in [0.15, 0.2) is 0 Å². The molecular weight excluding hydrogens is 688 g/mol. The Morgan fingerprint density at radius 2 is 1.45 bits per heavy atom. The molecule has 12 unspecified atom stereocenters. The molecule has 0 aromatic heterocycles. The van der Waals surface area contributed by atoms with Gasteiger partial charge in [-0.3, -0.25) is 9.59 Å². The average molecular weight is 749 g/mol. The predicted molar refractivity (Wildman–Crippen MR) is 189 cm³/mol. The molecule has 0 saturated carbocycles. The summed E-state index contributed by atoms with van der Waals surface area (Å²) in [6.45, 7) is 10.4. The van der Waals surface area contributed by atoms with E-state index in [2.05, 4.69) is 20.1 Å². The molecule has 18 atom stereocenters. The van der Waals surface area contributed by atoms with Crippen LogP contribution in [-0.4, -0.2) is 143 Å². The van der Waals surface area contributed by atoms with Crippen molar-refractivity contribution in [2.45, 2.75) is 188 Å². The average Bonchev–Trinajstić information content (AvgIpc) is 3.76. The second-order valence-corrected chi connectivity index (χ2v) is 16.8. The quantitative estimate of drug-likeness (QED) is 0.308. The Hall–Kier alpha value is -1.62. The number of hydrogen-bond donors (Lipinski definition) is 4. The zero-order valence-corrected chi connectivity index (χ0v) is 31.2.